The van der Waals surface area contributed by atoms with Crippen LogP contribution in [0, 0.1) is 11.8 Å². The van der Waals surface area contributed by atoms with Crippen molar-refractivity contribution in [2.24, 2.45) is 11.8 Å². The summed E-state index contributed by atoms with van der Waals surface area (Å²) >= 11 is 0. The van der Waals surface area contributed by atoms with Gasteiger partial charge in [0.1, 0.15) is 0 Å². The van der Waals surface area contributed by atoms with Crippen molar-refractivity contribution < 1.29 is 5.11 Å². The van der Waals surface area contributed by atoms with Crippen molar-refractivity contribution in [3.05, 3.63) is 0 Å². The van der Waals surface area contributed by atoms with Crippen molar-refractivity contribution >= 4 is 0 Å². The van der Waals surface area contributed by atoms with Gasteiger partial charge in [-0.3, -0.25) is 0 Å². The zero-order valence-electron chi connectivity index (χ0n) is 7.58. The largest absolute Gasteiger partial charge is 0.396 e. The summed E-state index contributed by atoms with van der Waals surface area (Å²) in [7, 11) is 2.16. The van der Waals surface area contributed by atoms with E-state index in [4.69, 9.17) is 5.11 Å². The number of hydrogen-bond acceptors (Lipinski definition) is 2. The van der Waals surface area contributed by atoms with E-state index < -0.39 is 0 Å². The Morgan fingerprint density at radius 1 is 1.64 bits per heavy atom. The number of likely N-dealkylation sites (tertiary alicyclic amines) is 1. The summed E-state index contributed by atoms with van der Waals surface area (Å²) in [5.74, 6) is 1.29. The third-order valence-corrected chi connectivity index (χ3v) is 2.85. The van der Waals surface area contributed by atoms with Gasteiger partial charge in [-0.2, -0.15) is 0 Å². The molecule has 1 rings (SSSR count). The highest BCUT2D eigenvalue weighted by Crippen LogP contribution is 2.24. The topological polar surface area (TPSA) is 23.5 Å². The smallest absolute Gasteiger partial charge is 0.0462 e. The SMILES string of the molecule is CCC(CO)C1CCN(C)C1. The predicted octanol–water partition coefficient (Wildman–Crippen LogP) is 0.957. The minimum absolute atomic E-state index is 0.370. The van der Waals surface area contributed by atoms with Crippen molar-refractivity contribution in [2.75, 3.05) is 26.7 Å². The van der Waals surface area contributed by atoms with Crippen LogP contribution in [-0.2, 0) is 0 Å². The first-order valence-electron chi connectivity index (χ1n) is 4.57. The molecule has 1 aliphatic heterocycles. The molecule has 2 atom stereocenters. The molecule has 66 valence electrons. The van der Waals surface area contributed by atoms with E-state index in [9.17, 15) is 0 Å². The Labute approximate surface area is 69.2 Å². The van der Waals surface area contributed by atoms with E-state index in [2.05, 4.69) is 18.9 Å². The highest BCUT2D eigenvalue weighted by molar-refractivity contribution is 4.78. The molecule has 0 aromatic heterocycles. The molecule has 2 heteroatoms. The van der Waals surface area contributed by atoms with Crippen LogP contribution in [0.25, 0.3) is 0 Å². The number of rotatable bonds is 3. The zero-order valence-corrected chi connectivity index (χ0v) is 7.58. The second-order valence-corrected chi connectivity index (χ2v) is 3.66. The summed E-state index contributed by atoms with van der Waals surface area (Å²) in [5.41, 5.74) is 0. The fourth-order valence-corrected chi connectivity index (χ4v) is 1.97. The Morgan fingerprint density at radius 3 is 2.73 bits per heavy atom. The summed E-state index contributed by atoms with van der Waals surface area (Å²) in [6, 6.07) is 0. The van der Waals surface area contributed by atoms with Crippen LogP contribution < -0.4 is 0 Å². The number of hydrogen-bond donors (Lipinski definition) is 1. The highest BCUT2D eigenvalue weighted by atomic mass is 16.3. The molecule has 11 heavy (non-hydrogen) atoms. The van der Waals surface area contributed by atoms with Crippen molar-refractivity contribution in [3.63, 3.8) is 0 Å². The van der Waals surface area contributed by atoms with E-state index in [0.29, 0.717) is 12.5 Å². The van der Waals surface area contributed by atoms with Crippen LogP contribution in [0.4, 0.5) is 0 Å². The average molecular weight is 157 g/mol. The minimum Gasteiger partial charge on any atom is -0.396 e. The van der Waals surface area contributed by atoms with Gasteiger partial charge < -0.3 is 10.0 Å². The van der Waals surface area contributed by atoms with Crippen LogP contribution in [0.15, 0.2) is 0 Å². The maximum atomic E-state index is 9.05. The molecule has 1 saturated heterocycles. The molecule has 2 unspecified atom stereocenters. The molecule has 1 fully saturated rings. The van der Waals surface area contributed by atoms with Crippen LogP contribution >= 0.6 is 0 Å². The monoisotopic (exact) mass is 157 g/mol. The number of aliphatic hydroxyl groups excluding tert-OH is 1. The third-order valence-electron chi connectivity index (χ3n) is 2.85. The Morgan fingerprint density at radius 2 is 2.36 bits per heavy atom. The fraction of sp³-hybridized carbons (Fsp3) is 1.00. The van der Waals surface area contributed by atoms with Crippen LogP contribution in [0.5, 0.6) is 0 Å². The van der Waals surface area contributed by atoms with Gasteiger partial charge in [0.2, 0.25) is 0 Å². The first-order valence-corrected chi connectivity index (χ1v) is 4.57. The molecular weight excluding hydrogens is 138 g/mol. The second kappa shape index (κ2) is 4.07. The Hall–Kier alpha value is -0.0800. The summed E-state index contributed by atoms with van der Waals surface area (Å²) in [5, 5.41) is 9.05. The molecule has 0 saturated carbocycles. The fourth-order valence-electron chi connectivity index (χ4n) is 1.97. The van der Waals surface area contributed by atoms with Gasteiger partial charge in [-0.05, 0) is 31.8 Å². The van der Waals surface area contributed by atoms with E-state index in [1.165, 1.54) is 19.5 Å². The third kappa shape index (κ3) is 2.17. The van der Waals surface area contributed by atoms with Gasteiger partial charge in [-0.1, -0.05) is 13.3 Å². The standard InChI is InChI=1S/C9H19NO/c1-3-8(7-11)9-4-5-10(2)6-9/h8-9,11H,3-7H2,1-2H3. The first kappa shape index (κ1) is 9.01. The van der Waals surface area contributed by atoms with Crippen LogP contribution in [0.2, 0.25) is 0 Å². The summed E-state index contributed by atoms with van der Waals surface area (Å²) in [6.07, 6.45) is 2.39. The lowest BCUT2D eigenvalue weighted by molar-refractivity contribution is 0.172. The number of nitrogens with zero attached hydrogens (tertiary/aromatic N) is 1. The van der Waals surface area contributed by atoms with Gasteiger partial charge in [0.25, 0.3) is 0 Å². The van der Waals surface area contributed by atoms with Crippen LogP contribution in [0.1, 0.15) is 19.8 Å². The Balaban J connectivity index is 2.34. The number of aliphatic hydroxyl groups is 1. The van der Waals surface area contributed by atoms with E-state index in [0.717, 1.165) is 12.3 Å². The summed E-state index contributed by atoms with van der Waals surface area (Å²) in [4.78, 5) is 2.35. The molecule has 2 nitrogen and oxygen atoms in total. The lowest BCUT2D eigenvalue weighted by Gasteiger charge is -2.19. The first-order chi connectivity index (χ1) is 5.27. The lowest BCUT2D eigenvalue weighted by atomic mass is 9.90. The van der Waals surface area contributed by atoms with Crippen molar-refractivity contribution in [1.29, 1.82) is 0 Å². The molecule has 0 amide bonds. The highest BCUT2D eigenvalue weighted by Gasteiger charge is 2.25. The van der Waals surface area contributed by atoms with Gasteiger partial charge >= 0.3 is 0 Å². The van der Waals surface area contributed by atoms with Crippen LogP contribution in [-0.4, -0.2) is 36.8 Å². The van der Waals surface area contributed by atoms with Crippen molar-refractivity contribution in [1.82, 2.24) is 4.90 Å². The van der Waals surface area contributed by atoms with Gasteiger partial charge in [-0.15, -0.1) is 0 Å². The molecule has 0 spiro atoms. The Kier molecular flexibility index (Phi) is 3.34. The van der Waals surface area contributed by atoms with Crippen molar-refractivity contribution in [3.8, 4) is 0 Å². The zero-order chi connectivity index (χ0) is 8.27. The molecule has 1 N–H and O–H groups in total. The van der Waals surface area contributed by atoms with E-state index >= 15 is 0 Å². The summed E-state index contributed by atoms with van der Waals surface area (Å²) in [6.45, 7) is 4.93. The van der Waals surface area contributed by atoms with E-state index in [1.807, 2.05) is 0 Å². The predicted molar refractivity (Wildman–Crippen MR) is 46.5 cm³/mol. The molecule has 0 radical (unpaired) electrons. The molecule has 1 heterocycles. The molecule has 0 aliphatic carbocycles. The van der Waals surface area contributed by atoms with Gasteiger partial charge in [-0.25, -0.2) is 0 Å². The second-order valence-electron chi connectivity index (χ2n) is 3.66. The van der Waals surface area contributed by atoms with Crippen molar-refractivity contribution in [2.45, 2.75) is 19.8 Å². The van der Waals surface area contributed by atoms with E-state index in [1.54, 1.807) is 0 Å². The maximum Gasteiger partial charge on any atom is 0.0462 e. The molecule has 1 aliphatic rings. The van der Waals surface area contributed by atoms with E-state index in [-0.39, 0.29) is 0 Å². The molecule has 0 aromatic rings. The van der Waals surface area contributed by atoms with Crippen LogP contribution in [0.3, 0.4) is 0 Å². The summed E-state index contributed by atoms with van der Waals surface area (Å²) < 4.78 is 0. The maximum absolute atomic E-state index is 9.05. The van der Waals surface area contributed by atoms with Gasteiger partial charge in [0, 0.05) is 13.2 Å². The average Bonchev–Trinajstić information content (AvgIpc) is 2.39. The van der Waals surface area contributed by atoms with Gasteiger partial charge in [0.05, 0.1) is 0 Å². The lowest BCUT2D eigenvalue weighted by Crippen LogP contribution is -2.21. The molecule has 0 aromatic carbocycles. The minimum atomic E-state index is 0.370. The van der Waals surface area contributed by atoms with Gasteiger partial charge in [0.15, 0.2) is 0 Å². The molecular formula is C9H19NO. The molecule has 0 bridgehead atoms. The Bertz CT molecular complexity index is 112. The quantitative estimate of drug-likeness (QED) is 0.659. The normalized spacial score (nSPS) is 29.2.